The largest absolute Gasteiger partial charge is 0.493 e. The topological polar surface area (TPSA) is 121 Å². The van der Waals surface area contributed by atoms with Crippen molar-refractivity contribution in [1.29, 1.82) is 5.26 Å². The van der Waals surface area contributed by atoms with Gasteiger partial charge < -0.3 is 24.6 Å². The molecule has 0 aliphatic carbocycles. The number of hydrogen-bond acceptors (Lipinski definition) is 8. The van der Waals surface area contributed by atoms with Gasteiger partial charge in [-0.15, -0.1) is 0 Å². The molecule has 2 unspecified atom stereocenters. The summed E-state index contributed by atoms with van der Waals surface area (Å²) in [5, 5.41) is 24.1. The van der Waals surface area contributed by atoms with E-state index in [1.165, 1.54) is 13.2 Å². The average molecular weight is 514 g/mol. The SMILES string of the molecule is COc1ccc(NC(=O)C2Cc3cc([N+](=O)[O-])ccc3N3CCN(c4ccccc4C#N)CC23)cc1OC. The van der Waals surface area contributed by atoms with Crippen molar-refractivity contribution < 1.29 is 19.2 Å². The first-order valence-corrected chi connectivity index (χ1v) is 12.2. The van der Waals surface area contributed by atoms with Crippen LogP contribution in [0.5, 0.6) is 11.5 Å². The molecule has 0 radical (unpaired) electrons. The van der Waals surface area contributed by atoms with Crippen LogP contribution >= 0.6 is 0 Å². The predicted molar refractivity (Wildman–Crippen MR) is 143 cm³/mol. The Morgan fingerprint density at radius 2 is 1.84 bits per heavy atom. The first kappa shape index (κ1) is 24.9. The van der Waals surface area contributed by atoms with Gasteiger partial charge in [-0.05, 0) is 42.3 Å². The molecular formula is C28H27N5O5. The number of nitrogens with zero attached hydrogens (tertiary/aromatic N) is 4. The van der Waals surface area contributed by atoms with Crippen molar-refractivity contribution >= 4 is 28.7 Å². The Hall–Kier alpha value is -4.78. The summed E-state index contributed by atoms with van der Waals surface area (Å²) in [5.41, 5.74) is 3.66. The Morgan fingerprint density at radius 3 is 2.58 bits per heavy atom. The third kappa shape index (κ3) is 4.54. The molecule has 10 nitrogen and oxygen atoms in total. The molecule has 3 aromatic rings. The maximum absolute atomic E-state index is 13.8. The van der Waals surface area contributed by atoms with Crippen molar-refractivity contribution in [2.24, 2.45) is 5.92 Å². The van der Waals surface area contributed by atoms with Crippen LogP contribution in [0.25, 0.3) is 0 Å². The molecule has 0 saturated carbocycles. The average Bonchev–Trinajstić information content (AvgIpc) is 2.95. The minimum absolute atomic E-state index is 0.00262. The number of benzene rings is 3. The van der Waals surface area contributed by atoms with Gasteiger partial charge in [0.2, 0.25) is 5.91 Å². The number of nitriles is 1. The van der Waals surface area contributed by atoms with E-state index in [9.17, 15) is 20.2 Å². The first-order chi connectivity index (χ1) is 18.4. The van der Waals surface area contributed by atoms with Gasteiger partial charge in [-0.25, -0.2) is 0 Å². The quantitative estimate of drug-likeness (QED) is 0.388. The summed E-state index contributed by atoms with van der Waals surface area (Å²) in [6, 6.07) is 19.5. The second-order valence-corrected chi connectivity index (χ2v) is 9.28. The van der Waals surface area contributed by atoms with Crippen LogP contribution in [-0.4, -0.2) is 50.7 Å². The second-order valence-electron chi connectivity index (χ2n) is 9.28. The van der Waals surface area contributed by atoms with E-state index in [1.54, 1.807) is 43.5 Å². The summed E-state index contributed by atoms with van der Waals surface area (Å²) in [7, 11) is 3.07. The van der Waals surface area contributed by atoms with E-state index in [2.05, 4.69) is 21.2 Å². The monoisotopic (exact) mass is 513 g/mol. The number of hydrogen-bond donors (Lipinski definition) is 1. The maximum atomic E-state index is 13.8. The van der Waals surface area contributed by atoms with E-state index in [1.807, 2.05) is 18.2 Å². The highest BCUT2D eigenvalue weighted by molar-refractivity contribution is 5.94. The highest BCUT2D eigenvalue weighted by Gasteiger charge is 2.42. The number of nitro benzene ring substituents is 1. The van der Waals surface area contributed by atoms with Crippen LogP contribution in [0.1, 0.15) is 11.1 Å². The fourth-order valence-corrected chi connectivity index (χ4v) is 5.43. The predicted octanol–water partition coefficient (Wildman–Crippen LogP) is 3.99. The van der Waals surface area contributed by atoms with Gasteiger partial charge >= 0.3 is 0 Å². The molecule has 194 valence electrons. The number of nitrogens with one attached hydrogen (secondary N) is 1. The third-order valence-electron chi connectivity index (χ3n) is 7.26. The van der Waals surface area contributed by atoms with Crippen molar-refractivity contribution in [2.45, 2.75) is 12.5 Å². The highest BCUT2D eigenvalue weighted by atomic mass is 16.6. The van der Waals surface area contributed by atoms with Crippen LogP contribution in [0.15, 0.2) is 60.7 Å². The van der Waals surface area contributed by atoms with Gasteiger partial charge in [-0.3, -0.25) is 14.9 Å². The van der Waals surface area contributed by atoms with E-state index in [0.29, 0.717) is 48.8 Å². The van der Waals surface area contributed by atoms with Gasteiger partial charge in [0.1, 0.15) is 6.07 Å². The Labute approximate surface area is 220 Å². The number of para-hydroxylation sites is 1. The van der Waals surface area contributed by atoms with Crippen LogP contribution in [0.4, 0.5) is 22.7 Å². The minimum atomic E-state index is -0.491. The molecule has 0 spiro atoms. The van der Waals surface area contributed by atoms with E-state index < -0.39 is 10.8 Å². The van der Waals surface area contributed by atoms with Crippen molar-refractivity contribution in [2.75, 3.05) is 49.0 Å². The summed E-state index contributed by atoms with van der Waals surface area (Å²) < 4.78 is 10.7. The molecular weight excluding hydrogens is 486 g/mol. The smallest absolute Gasteiger partial charge is 0.269 e. The Morgan fingerprint density at radius 1 is 1.05 bits per heavy atom. The lowest BCUT2D eigenvalue weighted by atomic mass is 9.83. The number of non-ortho nitro benzene ring substituents is 1. The highest BCUT2D eigenvalue weighted by Crippen LogP contribution is 2.39. The Kier molecular flexibility index (Phi) is 6.75. The van der Waals surface area contributed by atoms with Crippen molar-refractivity contribution in [3.8, 4) is 17.6 Å². The molecule has 38 heavy (non-hydrogen) atoms. The molecule has 1 N–H and O–H groups in total. The van der Waals surface area contributed by atoms with E-state index in [4.69, 9.17) is 9.47 Å². The van der Waals surface area contributed by atoms with Crippen molar-refractivity contribution in [3.05, 3.63) is 81.9 Å². The molecule has 0 aromatic heterocycles. The second kappa shape index (κ2) is 10.3. The zero-order valence-corrected chi connectivity index (χ0v) is 21.1. The van der Waals surface area contributed by atoms with E-state index in [0.717, 1.165) is 16.9 Å². The molecule has 1 amide bonds. The fourth-order valence-electron chi connectivity index (χ4n) is 5.43. The molecule has 1 saturated heterocycles. The molecule has 3 aromatic carbocycles. The number of ether oxygens (including phenoxy) is 2. The van der Waals surface area contributed by atoms with Crippen LogP contribution < -0.4 is 24.6 Å². The number of rotatable bonds is 6. The van der Waals surface area contributed by atoms with Gasteiger partial charge in [0, 0.05) is 49.2 Å². The lowest BCUT2D eigenvalue weighted by Crippen LogP contribution is -2.60. The molecule has 2 heterocycles. The van der Waals surface area contributed by atoms with Gasteiger partial charge in [0.25, 0.3) is 5.69 Å². The third-order valence-corrected chi connectivity index (χ3v) is 7.26. The van der Waals surface area contributed by atoms with Crippen LogP contribution in [0.2, 0.25) is 0 Å². The van der Waals surface area contributed by atoms with Crippen LogP contribution in [0, 0.1) is 27.4 Å². The van der Waals surface area contributed by atoms with Crippen molar-refractivity contribution in [1.82, 2.24) is 0 Å². The minimum Gasteiger partial charge on any atom is -0.493 e. The zero-order chi connectivity index (χ0) is 26.8. The summed E-state index contributed by atoms with van der Waals surface area (Å²) in [6.07, 6.45) is 0.352. The summed E-state index contributed by atoms with van der Waals surface area (Å²) in [6.45, 7) is 1.78. The molecule has 2 atom stereocenters. The first-order valence-electron chi connectivity index (χ1n) is 12.2. The molecule has 2 aliphatic rings. The van der Waals surface area contributed by atoms with E-state index >= 15 is 0 Å². The molecule has 1 fully saturated rings. The fraction of sp³-hybridized carbons (Fsp3) is 0.286. The number of carbonyl (C=O) groups excluding carboxylic acids is 1. The molecule has 5 rings (SSSR count). The van der Waals surface area contributed by atoms with Gasteiger partial charge in [-0.2, -0.15) is 5.26 Å². The van der Waals surface area contributed by atoms with Gasteiger partial charge in [-0.1, -0.05) is 12.1 Å². The summed E-state index contributed by atoms with van der Waals surface area (Å²) >= 11 is 0. The van der Waals surface area contributed by atoms with Crippen LogP contribution in [0.3, 0.4) is 0 Å². The standard InChI is InChI=1S/C28H27N5O5/c1-37-26-10-7-20(15-27(26)38-2)30-28(34)22-14-19-13-21(33(35)36)8-9-24(19)32-12-11-31(17-25(22)32)23-6-4-3-5-18(23)16-29/h3-10,13,15,22,25H,11-12,14,17H2,1-2H3,(H,30,34). The lowest BCUT2D eigenvalue weighted by Gasteiger charge is -2.49. The lowest BCUT2D eigenvalue weighted by molar-refractivity contribution is -0.384. The Balaban J connectivity index is 1.49. The number of methoxy groups -OCH3 is 2. The van der Waals surface area contributed by atoms with Crippen LogP contribution in [-0.2, 0) is 11.2 Å². The molecule has 0 bridgehead atoms. The number of anilines is 3. The van der Waals surface area contributed by atoms with Gasteiger partial charge in [0.15, 0.2) is 11.5 Å². The molecule has 10 heteroatoms. The number of fused-ring (bicyclic) bond motifs is 3. The zero-order valence-electron chi connectivity index (χ0n) is 21.1. The number of amides is 1. The Bertz CT molecular complexity index is 1440. The normalized spacial score (nSPS) is 18.0. The number of carbonyl (C=O) groups is 1. The summed E-state index contributed by atoms with van der Waals surface area (Å²) in [5.74, 6) is 0.359. The summed E-state index contributed by atoms with van der Waals surface area (Å²) in [4.78, 5) is 29.1. The number of piperazine rings is 1. The maximum Gasteiger partial charge on any atom is 0.269 e. The molecule has 2 aliphatic heterocycles. The number of nitro groups is 1. The van der Waals surface area contributed by atoms with Crippen molar-refractivity contribution in [3.63, 3.8) is 0 Å². The van der Waals surface area contributed by atoms with E-state index in [-0.39, 0.29) is 17.6 Å². The van der Waals surface area contributed by atoms with Gasteiger partial charge in [0.05, 0.1) is 42.4 Å².